The van der Waals surface area contributed by atoms with Gasteiger partial charge in [0.25, 0.3) is 0 Å². The zero-order valence-corrected chi connectivity index (χ0v) is 12.6. The molecule has 0 amide bonds. The number of thiophene rings is 1. The van der Waals surface area contributed by atoms with Crippen molar-refractivity contribution in [3.63, 3.8) is 0 Å². The number of benzene rings is 1. The summed E-state index contributed by atoms with van der Waals surface area (Å²) in [6, 6.07) is 12.5. The molecule has 2 N–H and O–H groups in total. The molecule has 0 fully saturated rings. The van der Waals surface area contributed by atoms with Crippen LogP contribution in [0.3, 0.4) is 0 Å². The van der Waals surface area contributed by atoms with Gasteiger partial charge in [-0.15, -0.1) is 11.3 Å². The first-order valence-corrected chi connectivity index (χ1v) is 8.37. The molecule has 20 heavy (non-hydrogen) atoms. The van der Waals surface area contributed by atoms with E-state index in [4.69, 9.17) is 5.73 Å². The van der Waals surface area contributed by atoms with Gasteiger partial charge in [0.05, 0.1) is 5.39 Å². The average molecular weight is 301 g/mol. The van der Waals surface area contributed by atoms with Crippen LogP contribution in [-0.2, 0) is 6.42 Å². The van der Waals surface area contributed by atoms with Gasteiger partial charge in [-0.2, -0.15) is 0 Å². The van der Waals surface area contributed by atoms with E-state index in [0.29, 0.717) is 5.82 Å². The van der Waals surface area contributed by atoms with Crippen molar-refractivity contribution < 1.29 is 0 Å². The Balaban J connectivity index is 1.57. The summed E-state index contributed by atoms with van der Waals surface area (Å²) in [5.41, 5.74) is 7.32. The van der Waals surface area contributed by atoms with Gasteiger partial charge >= 0.3 is 0 Å². The summed E-state index contributed by atoms with van der Waals surface area (Å²) in [4.78, 5) is 9.86. The first-order chi connectivity index (χ1) is 9.83. The summed E-state index contributed by atoms with van der Waals surface area (Å²) in [6.07, 6.45) is 2.20. The molecular formula is C15H15N3S2. The van der Waals surface area contributed by atoms with E-state index in [0.717, 1.165) is 34.0 Å². The lowest BCUT2D eigenvalue weighted by Crippen LogP contribution is -1.96. The van der Waals surface area contributed by atoms with Crippen LogP contribution in [0.25, 0.3) is 10.2 Å². The number of nitrogens with two attached hydrogens (primary N) is 1. The van der Waals surface area contributed by atoms with Crippen LogP contribution in [0.1, 0.15) is 12.0 Å². The van der Waals surface area contributed by atoms with Crippen LogP contribution in [0, 0.1) is 0 Å². The van der Waals surface area contributed by atoms with E-state index in [1.54, 1.807) is 23.1 Å². The number of rotatable bonds is 5. The molecule has 5 heteroatoms. The maximum atomic E-state index is 5.94. The highest BCUT2D eigenvalue weighted by Gasteiger charge is 2.06. The van der Waals surface area contributed by atoms with Crippen LogP contribution in [0.2, 0.25) is 0 Å². The SMILES string of the molecule is Nc1nc(SCCCc2ccccc2)nc2sccc12. The molecule has 1 aromatic carbocycles. The van der Waals surface area contributed by atoms with Crippen LogP contribution >= 0.6 is 23.1 Å². The van der Waals surface area contributed by atoms with Gasteiger partial charge in [-0.05, 0) is 29.9 Å². The number of aromatic nitrogens is 2. The van der Waals surface area contributed by atoms with Gasteiger partial charge in [0.2, 0.25) is 0 Å². The van der Waals surface area contributed by atoms with Crippen molar-refractivity contribution in [1.29, 1.82) is 0 Å². The molecule has 0 saturated carbocycles. The third-order valence-corrected chi connectivity index (χ3v) is 4.76. The Bertz CT molecular complexity index is 695. The van der Waals surface area contributed by atoms with E-state index in [1.807, 2.05) is 17.5 Å². The molecule has 0 unspecified atom stereocenters. The number of thioether (sulfide) groups is 1. The smallest absolute Gasteiger partial charge is 0.190 e. The van der Waals surface area contributed by atoms with E-state index in [1.165, 1.54) is 5.56 Å². The first kappa shape index (κ1) is 13.4. The molecule has 0 saturated heterocycles. The Labute approximate surface area is 126 Å². The lowest BCUT2D eigenvalue weighted by Gasteiger charge is -2.03. The Morgan fingerprint density at radius 2 is 1.95 bits per heavy atom. The zero-order valence-electron chi connectivity index (χ0n) is 11.0. The second-order valence-corrected chi connectivity index (χ2v) is 6.43. The summed E-state index contributed by atoms with van der Waals surface area (Å²) >= 11 is 3.28. The largest absolute Gasteiger partial charge is 0.383 e. The summed E-state index contributed by atoms with van der Waals surface area (Å²) < 4.78 is 0. The number of anilines is 1. The van der Waals surface area contributed by atoms with Crippen molar-refractivity contribution in [3.05, 3.63) is 47.3 Å². The van der Waals surface area contributed by atoms with Gasteiger partial charge in [0.15, 0.2) is 5.16 Å². The monoisotopic (exact) mass is 301 g/mol. The molecule has 2 heterocycles. The van der Waals surface area contributed by atoms with Crippen molar-refractivity contribution >= 4 is 39.1 Å². The number of hydrogen-bond donors (Lipinski definition) is 1. The standard InChI is InChI=1S/C15H15N3S2/c16-13-12-8-10-19-14(12)18-15(17-13)20-9-4-7-11-5-2-1-3-6-11/h1-3,5-6,8,10H,4,7,9H2,(H2,16,17,18). The summed E-state index contributed by atoms with van der Waals surface area (Å²) in [6.45, 7) is 0. The maximum absolute atomic E-state index is 5.94. The van der Waals surface area contributed by atoms with Gasteiger partial charge < -0.3 is 5.73 Å². The molecule has 0 aliphatic carbocycles. The van der Waals surface area contributed by atoms with E-state index < -0.39 is 0 Å². The Morgan fingerprint density at radius 1 is 1.10 bits per heavy atom. The fraction of sp³-hybridized carbons (Fsp3) is 0.200. The normalized spacial score (nSPS) is 11.0. The second kappa shape index (κ2) is 6.24. The molecule has 0 bridgehead atoms. The Kier molecular flexibility index (Phi) is 4.18. The molecule has 0 aliphatic rings. The number of aryl methyl sites for hydroxylation is 1. The quantitative estimate of drug-likeness (QED) is 0.440. The van der Waals surface area contributed by atoms with Gasteiger partial charge in [0, 0.05) is 5.75 Å². The molecule has 0 radical (unpaired) electrons. The van der Waals surface area contributed by atoms with Crippen LogP contribution in [0.15, 0.2) is 46.9 Å². The zero-order chi connectivity index (χ0) is 13.8. The fourth-order valence-corrected chi connectivity index (χ4v) is 3.63. The van der Waals surface area contributed by atoms with Crippen molar-refractivity contribution in [2.45, 2.75) is 18.0 Å². The minimum absolute atomic E-state index is 0.585. The molecular weight excluding hydrogens is 286 g/mol. The molecule has 2 aromatic heterocycles. The van der Waals surface area contributed by atoms with E-state index in [2.05, 4.69) is 34.2 Å². The number of hydrogen-bond acceptors (Lipinski definition) is 5. The summed E-state index contributed by atoms with van der Waals surface area (Å²) in [5.74, 6) is 1.59. The Morgan fingerprint density at radius 3 is 2.80 bits per heavy atom. The molecule has 3 aromatic rings. The predicted octanol–water partition coefficient (Wildman–Crippen LogP) is 4.00. The second-order valence-electron chi connectivity index (χ2n) is 4.47. The third kappa shape index (κ3) is 3.11. The van der Waals surface area contributed by atoms with Crippen LogP contribution < -0.4 is 5.73 Å². The lowest BCUT2D eigenvalue weighted by molar-refractivity contribution is 0.925. The van der Waals surface area contributed by atoms with Crippen LogP contribution in [0.5, 0.6) is 0 Å². The lowest BCUT2D eigenvalue weighted by atomic mass is 10.1. The van der Waals surface area contributed by atoms with E-state index in [9.17, 15) is 0 Å². The van der Waals surface area contributed by atoms with Crippen molar-refractivity contribution in [2.75, 3.05) is 11.5 Å². The number of nitrogen functional groups attached to an aromatic ring is 1. The summed E-state index contributed by atoms with van der Waals surface area (Å²) in [5, 5.41) is 3.74. The first-order valence-electron chi connectivity index (χ1n) is 6.50. The van der Waals surface area contributed by atoms with Gasteiger partial charge in [-0.25, -0.2) is 9.97 Å². The minimum Gasteiger partial charge on any atom is -0.383 e. The Hall–Kier alpha value is -1.59. The molecule has 0 aliphatic heterocycles. The third-order valence-electron chi connectivity index (χ3n) is 3.02. The highest BCUT2D eigenvalue weighted by molar-refractivity contribution is 7.99. The average Bonchev–Trinajstić information content (AvgIpc) is 2.94. The molecule has 0 atom stereocenters. The topological polar surface area (TPSA) is 51.8 Å². The van der Waals surface area contributed by atoms with Crippen molar-refractivity contribution in [2.24, 2.45) is 0 Å². The van der Waals surface area contributed by atoms with Gasteiger partial charge in [-0.3, -0.25) is 0 Å². The highest BCUT2D eigenvalue weighted by Crippen LogP contribution is 2.26. The molecule has 102 valence electrons. The van der Waals surface area contributed by atoms with E-state index in [-0.39, 0.29) is 0 Å². The maximum Gasteiger partial charge on any atom is 0.190 e. The summed E-state index contributed by atoms with van der Waals surface area (Å²) in [7, 11) is 0. The van der Waals surface area contributed by atoms with E-state index >= 15 is 0 Å². The minimum atomic E-state index is 0.585. The fourth-order valence-electron chi connectivity index (χ4n) is 2.01. The van der Waals surface area contributed by atoms with Gasteiger partial charge in [0.1, 0.15) is 10.6 Å². The van der Waals surface area contributed by atoms with Crippen molar-refractivity contribution in [1.82, 2.24) is 9.97 Å². The van der Waals surface area contributed by atoms with Gasteiger partial charge in [-0.1, -0.05) is 42.1 Å². The molecule has 3 nitrogen and oxygen atoms in total. The van der Waals surface area contributed by atoms with Crippen LogP contribution in [0.4, 0.5) is 5.82 Å². The number of nitrogens with zero attached hydrogens (tertiary/aromatic N) is 2. The number of fused-ring (bicyclic) bond motifs is 1. The molecule has 0 spiro atoms. The molecule has 3 rings (SSSR count). The highest BCUT2D eigenvalue weighted by atomic mass is 32.2. The van der Waals surface area contributed by atoms with Crippen molar-refractivity contribution in [3.8, 4) is 0 Å². The predicted molar refractivity (Wildman–Crippen MR) is 87.3 cm³/mol. The van der Waals surface area contributed by atoms with Crippen LogP contribution in [-0.4, -0.2) is 15.7 Å².